The smallest absolute Gasteiger partial charge is 0.368 e. The van der Waals surface area contributed by atoms with E-state index in [4.69, 9.17) is 0 Å². The van der Waals surface area contributed by atoms with Crippen molar-refractivity contribution >= 4 is 34.7 Å². The summed E-state index contributed by atoms with van der Waals surface area (Å²) in [4.78, 5) is 21.2. The predicted molar refractivity (Wildman–Crippen MR) is 142 cm³/mol. The number of carbonyl (C=O) groups is 1. The van der Waals surface area contributed by atoms with Gasteiger partial charge in [0.1, 0.15) is 16.5 Å². The zero-order valence-corrected chi connectivity index (χ0v) is 22.4. The van der Waals surface area contributed by atoms with Crippen LogP contribution in [0.3, 0.4) is 0 Å². The summed E-state index contributed by atoms with van der Waals surface area (Å²) < 4.78 is 41.2. The SMILES string of the molecule is Cc1ccccc1-n1c(C)nnc1SCc1nc(C(=O)N2CCN(c3cccc(C(F)(F)F)c3)CC2)cs1. The summed E-state index contributed by atoms with van der Waals surface area (Å²) in [7, 11) is 0. The van der Waals surface area contributed by atoms with Crippen molar-refractivity contribution < 1.29 is 18.0 Å². The van der Waals surface area contributed by atoms with E-state index in [1.165, 1.54) is 29.2 Å². The largest absolute Gasteiger partial charge is 0.416 e. The summed E-state index contributed by atoms with van der Waals surface area (Å²) in [5.74, 6) is 1.17. The van der Waals surface area contributed by atoms with Crippen LogP contribution in [-0.2, 0) is 11.9 Å². The standard InChI is InChI=1S/C26H25F3N6OS2/c1-17-6-3-4-9-22(17)35-18(2)31-32-25(35)38-16-23-30-21(15-37-23)24(36)34-12-10-33(11-13-34)20-8-5-7-19(14-20)26(27,28)29/h3-9,14-15H,10-13,16H2,1-2H3. The van der Waals surface area contributed by atoms with Crippen LogP contribution in [0.5, 0.6) is 0 Å². The average Bonchev–Trinajstić information content (AvgIpc) is 3.53. The fourth-order valence-corrected chi connectivity index (χ4v) is 6.11. The second kappa shape index (κ2) is 10.8. The maximum atomic E-state index is 13.1. The molecule has 0 aliphatic carbocycles. The maximum absolute atomic E-state index is 13.1. The number of hydrogen-bond donors (Lipinski definition) is 0. The van der Waals surface area contributed by atoms with Crippen LogP contribution in [0.4, 0.5) is 18.9 Å². The second-order valence-electron chi connectivity index (χ2n) is 8.89. The molecule has 2 aromatic carbocycles. The van der Waals surface area contributed by atoms with Crippen molar-refractivity contribution in [1.29, 1.82) is 0 Å². The van der Waals surface area contributed by atoms with Gasteiger partial charge in [-0.3, -0.25) is 9.36 Å². The maximum Gasteiger partial charge on any atom is 0.416 e. The molecule has 0 N–H and O–H groups in total. The van der Waals surface area contributed by atoms with Crippen molar-refractivity contribution in [2.24, 2.45) is 0 Å². The Hall–Kier alpha value is -3.38. The Morgan fingerprint density at radius 3 is 2.53 bits per heavy atom. The summed E-state index contributed by atoms with van der Waals surface area (Å²) in [5, 5.41) is 11.9. The molecule has 1 aliphatic rings. The number of piperazine rings is 1. The molecule has 0 bridgehead atoms. The second-order valence-corrected chi connectivity index (χ2v) is 10.8. The number of rotatable bonds is 6. The van der Waals surface area contributed by atoms with Gasteiger partial charge in [0, 0.05) is 37.2 Å². The first-order valence-electron chi connectivity index (χ1n) is 12.0. The molecule has 2 aromatic heterocycles. The van der Waals surface area contributed by atoms with E-state index in [2.05, 4.69) is 15.2 Å². The Bertz CT molecular complexity index is 1440. The van der Waals surface area contributed by atoms with E-state index in [1.54, 1.807) is 16.3 Å². The number of alkyl halides is 3. The molecule has 5 rings (SSSR count). The number of thioether (sulfide) groups is 1. The van der Waals surface area contributed by atoms with Crippen LogP contribution in [0.1, 0.15) is 32.4 Å². The minimum absolute atomic E-state index is 0.167. The van der Waals surface area contributed by atoms with Crippen molar-refractivity contribution in [2.75, 3.05) is 31.1 Å². The molecule has 38 heavy (non-hydrogen) atoms. The van der Waals surface area contributed by atoms with Crippen LogP contribution < -0.4 is 4.90 Å². The van der Waals surface area contributed by atoms with E-state index in [9.17, 15) is 18.0 Å². The Morgan fingerprint density at radius 1 is 1.03 bits per heavy atom. The lowest BCUT2D eigenvalue weighted by Gasteiger charge is -2.36. The first kappa shape index (κ1) is 26.2. The monoisotopic (exact) mass is 558 g/mol. The molecule has 0 saturated carbocycles. The lowest BCUT2D eigenvalue weighted by atomic mass is 10.1. The minimum atomic E-state index is -4.39. The Balaban J connectivity index is 1.20. The van der Waals surface area contributed by atoms with Crippen LogP contribution >= 0.6 is 23.1 Å². The zero-order chi connectivity index (χ0) is 26.9. The van der Waals surface area contributed by atoms with Gasteiger partial charge in [0.15, 0.2) is 5.16 Å². The van der Waals surface area contributed by atoms with Crippen LogP contribution in [0.2, 0.25) is 0 Å². The number of aromatic nitrogens is 4. The van der Waals surface area contributed by atoms with E-state index in [1.807, 2.05) is 47.6 Å². The number of benzene rings is 2. The molecule has 198 valence electrons. The van der Waals surface area contributed by atoms with Crippen molar-refractivity contribution in [3.63, 3.8) is 0 Å². The molecule has 1 aliphatic heterocycles. The molecule has 4 aromatic rings. The number of anilines is 1. The molecule has 1 fully saturated rings. The van der Waals surface area contributed by atoms with E-state index in [0.29, 0.717) is 43.3 Å². The van der Waals surface area contributed by atoms with Crippen LogP contribution in [0.25, 0.3) is 5.69 Å². The summed E-state index contributed by atoms with van der Waals surface area (Å²) in [5.41, 5.74) is 2.36. The summed E-state index contributed by atoms with van der Waals surface area (Å²) >= 11 is 2.93. The lowest BCUT2D eigenvalue weighted by molar-refractivity contribution is -0.137. The van der Waals surface area contributed by atoms with Gasteiger partial charge < -0.3 is 9.80 Å². The number of halogens is 3. The number of amides is 1. The lowest BCUT2D eigenvalue weighted by Crippen LogP contribution is -2.49. The van der Waals surface area contributed by atoms with Crippen molar-refractivity contribution in [2.45, 2.75) is 30.9 Å². The highest BCUT2D eigenvalue weighted by molar-refractivity contribution is 7.98. The molecular formula is C26H25F3N6OS2. The van der Waals surface area contributed by atoms with Crippen molar-refractivity contribution in [3.05, 3.63) is 81.6 Å². The molecule has 0 unspecified atom stereocenters. The molecule has 1 amide bonds. The minimum Gasteiger partial charge on any atom is -0.368 e. The third-order valence-corrected chi connectivity index (χ3v) is 8.32. The zero-order valence-electron chi connectivity index (χ0n) is 20.8. The van der Waals surface area contributed by atoms with Crippen molar-refractivity contribution in [1.82, 2.24) is 24.6 Å². The molecule has 0 radical (unpaired) electrons. The Morgan fingerprint density at radius 2 is 1.79 bits per heavy atom. The van der Waals surface area contributed by atoms with Gasteiger partial charge in [0.25, 0.3) is 5.91 Å². The number of aryl methyl sites for hydroxylation is 2. The van der Waals surface area contributed by atoms with Gasteiger partial charge >= 0.3 is 6.18 Å². The molecule has 3 heterocycles. The number of carbonyl (C=O) groups excluding carboxylic acids is 1. The van der Waals surface area contributed by atoms with Gasteiger partial charge in [0.2, 0.25) is 0 Å². The fraction of sp³-hybridized carbons (Fsp3) is 0.308. The molecule has 12 heteroatoms. The number of hydrogen-bond acceptors (Lipinski definition) is 7. The summed E-state index contributed by atoms with van der Waals surface area (Å²) in [6, 6.07) is 13.3. The summed E-state index contributed by atoms with van der Waals surface area (Å²) in [6.07, 6.45) is -4.39. The molecule has 1 saturated heterocycles. The highest BCUT2D eigenvalue weighted by Gasteiger charge is 2.31. The van der Waals surface area contributed by atoms with Gasteiger partial charge in [-0.05, 0) is 43.7 Å². The van der Waals surface area contributed by atoms with E-state index in [0.717, 1.165) is 39.4 Å². The fourth-order valence-electron chi connectivity index (χ4n) is 4.34. The van der Waals surface area contributed by atoms with Gasteiger partial charge in [-0.1, -0.05) is 36.0 Å². The summed E-state index contributed by atoms with van der Waals surface area (Å²) in [6.45, 7) is 5.68. The van der Waals surface area contributed by atoms with Gasteiger partial charge in [-0.25, -0.2) is 4.98 Å². The normalized spacial score (nSPS) is 14.2. The van der Waals surface area contributed by atoms with Crippen LogP contribution in [-0.4, -0.2) is 56.7 Å². The quantitative estimate of drug-likeness (QED) is 0.287. The molecule has 0 spiro atoms. The first-order chi connectivity index (χ1) is 18.2. The third-order valence-electron chi connectivity index (χ3n) is 6.35. The van der Waals surface area contributed by atoms with E-state index in [-0.39, 0.29) is 5.91 Å². The Labute approximate surface area is 226 Å². The van der Waals surface area contributed by atoms with Crippen LogP contribution in [0.15, 0.2) is 59.1 Å². The van der Waals surface area contributed by atoms with Gasteiger partial charge in [0.05, 0.1) is 17.0 Å². The van der Waals surface area contributed by atoms with Crippen molar-refractivity contribution in [3.8, 4) is 5.69 Å². The molecule has 0 atom stereocenters. The first-order valence-corrected chi connectivity index (χ1v) is 13.8. The van der Waals surface area contributed by atoms with E-state index < -0.39 is 11.7 Å². The average molecular weight is 559 g/mol. The number of nitrogens with zero attached hydrogens (tertiary/aromatic N) is 6. The predicted octanol–water partition coefficient (Wildman–Crippen LogP) is 5.61. The topological polar surface area (TPSA) is 67.2 Å². The van der Waals surface area contributed by atoms with Crippen LogP contribution in [0, 0.1) is 13.8 Å². The van der Waals surface area contributed by atoms with Gasteiger partial charge in [-0.2, -0.15) is 13.2 Å². The number of para-hydroxylation sites is 1. The third kappa shape index (κ3) is 5.56. The number of thiazole rings is 1. The highest BCUT2D eigenvalue weighted by Crippen LogP contribution is 2.32. The molecular weight excluding hydrogens is 533 g/mol. The highest BCUT2D eigenvalue weighted by atomic mass is 32.2. The molecule has 7 nitrogen and oxygen atoms in total. The Kier molecular flexibility index (Phi) is 7.44. The van der Waals surface area contributed by atoms with Gasteiger partial charge in [-0.15, -0.1) is 21.5 Å². The van der Waals surface area contributed by atoms with E-state index >= 15 is 0 Å².